The summed E-state index contributed by atoms with van der Waals surface area (Å²) >= 11 is 5.81. The van der Waals surface area contributed by atoms with Crippen LogP contribution < -0.4 is 5.32 Å². The van der Waals surface area contributed by atoms with Crippen LogP contribution in [-0.2, 0) is 10.8 Å². The van der Waals surface area contributed by atoms with Gasteiger partial charge in [0.1, 0.15) is 5.15 Å². The van der Waals surface area contributed by atoms with E-state index in [4.69, 9.17) is 11.6 Å². The lowest BCUT2D eigenvalue weighted by Gasteiger charge is -2.07. The molecular formula is C10H14ClN3OS. The summed E-state index contributed by atoms with van der Waals surface area (Å²) in [5.74, 6) is 1.08. The quantitative estimate of drug-likeness (QED) is 0.654. The summed E-state index contributed by atoms with van der Waals surface area (Å²) in [4.78, 5) is 8.17. The number of halogens is 1. The summed E-state index contributed by atoms with van der Waals surface area (Å²) in [5.41, 5.74) is 0.757. The summed E-state index contributed by atoms with van der Waals surface area (Å²) in [6.07, 6.45) is 1.07. The van der Waals surface area contributed by atoms with Crippen molar-refractivity contribution in [1.29, 1.82) is 0 Å². The molecule has 1 aromatic rings. The van der Waals surface area contributed by atoms with Crippen molar-refractivity contribution in [3.8, 4) is 0 Å². The predicted octanol–water partition coefficient (Wildman–Crippen LogP) is 1.16. The number of hydrogen-bond donors (Lipinski definition) is 1. The van der Waals surface area contributed by atoms with Crippen LogP contribution in [0.2, 0.25) is 5.15 Å². The third-order valence-electron chi connectivity index (χ3n) is 2.56. The van der Waals surface area contributed by atoms with Crippen molar-refractivity contribution in [2.24, 2.45) is 5.92 Å². The van der Waals surface area contributed by atoms with Crippen LogP contribution in [0, 0.1) is 12.8 Å². The fraction of sp³-hybridized carbons (Fsp3) is 0.600. The van der Waals surface area contributed by atoms with Gasteiger partial charge in [-0.3, -0.25) is 4.21 Å². The molecule has 0 unspecified atom stereocenters. The Labute approximate surface area is 102 Å². The molecule has 6 heteroatoms. The smallest absolute Gasteiger partial charge is 0.220 e. The third kappa shape index (κ3) is 2.99. The van der Waals surface area contributed by atoms with Crippen molar-refractivity contribution in [2.75, 3.05) is 18.8 Å². The molecule has 1 N–H and O–H groups in total. The van der Waals surface area contributed by atoms with Gasteiger partial charge in [-0.15, -0.1) is 0 Å². The molecule has 2 atom stereocenters. The first-order valence-corrected chi connectivity index (χ1v) is 6.95. The highest BCUT2D eigenvalue weighted by Crippen LogP contribution is 2.14. The van der Waals surface area contributed by atoms with E-state index in [0.29, 0.717) is 22.0 Å². The largest absolute Gasteiger partial charge is 0.316 e. The predicted molar refractivity (Wildman–Crippen MR) is 64.0 cm³/mol. The molecule has 0 saturated carbocycles. The molecule has 4 nitrogen and oxygen atoms in total. The van der Waals surface area contributed by atoms with Gasteiger partial charge in [0.2, 0.25) is 5.16 Å². The van der Waals surface area contributed by atoms with Gasteiger partial charge < -0.3 is 5.32 Å². The maximum atomic E-state index is 12.0. The molecule has 1 saturated heterocycles. The molecule has 88 valence electrons. The van der Waals surface area contributed by atoms with Crippen molar-refractivity contribution in [3.05, 3.63) is 16.9 Å². The van der Waals surface area contributed by atoms with Crippen LogP contribution in [0.5, 0.6) is 0 Å². The van der Waals surface area contributed by atoms with Crippen molar-refractivity contribution < 1.29 is 4.21 Å². The molecule has 16 heavy (non-hydrogen) atoms. The van der Waals surface area contributed by atoms with Gasteiger partial charge in [0, 0.05) is 11.4 Å². The minimum absolute atomic E-state index is 0.358. The van der Waals surface area contributed by atoms with Crippen LogP contribution in [0.25, 0.3) is 0 Å². The first-order chi connectivity index (χ1) is 7.65. The molecule has 0 bridgehead atoms. The minimum Gasteiger partial charge on any atom is -0.316 e. The second kappa shape index (κ2) is 5.21. The SMILES string of the molecule is Cc1cc(Cl)nc([S@@](=O)C[C@@H]2CCNC2)n1. The van der Waals surface area contributed by atoms with E-state index in [9.17, 15) is 4.21 Å². The van der Waals surface area contributed by atoms with Crippen LogP contribution in [0.4, 0.5) is 0 Å². The van der Waals surface area contributed by atoms with Gasteiger partial charge >= 0.3 is 0 Å². The average molecular weight is 260 g/mol. The van der Waals surface area contributed by atoms with E-state index in [1.165, 1.54) is 0 Å². The summed E-state index contributed by atoms with van der Waals surface area (Å²) in [7, 11) is -1.14. The first kappa shape index (κ1) is 12.0. The van der Waals surface area contributed by atoms with Crippen LogP contribution in [0.15, 0.2) is 11.2 Å². The van der Waals surface area contributed by atoms with E-state index >= 15 is 0 Å². The lowest BCUT2D eigenvalue weighted by atomic mass is 10.2. The fourth-order valence-corrected chi connectivity index (χ4v) is 3.35. The average Bonchev–Trinajstić information content (AvgIpc) is 2.68. The van der Waals surface area contributed by atoms with Gasteiger partial charge in [0.05, 0.1) is 10.8 Å². The fourth-order valence-electron chi connectivity index (χ4n) is 1.75. The van der Waals surface area contributed by atoms with Gasteiger partial charge in [-0.25, -0.2) is 9.97 Å². The van der Waals surface area contributed by atoms with Crippen molar-refractivity contribution in [1.82, 2.24) is 15.3 Å². The third-order valence-corrected chi connectivity index (χ3v) is 4.11. The highest BCUT2D eigenvalue weighted by molar-refractivity contribution is 7.84. The standard InChI is InChI=1S/C10H14ClN3OS/c1-7-4-9(11)14-10(13-7)16(15)6-8-2-3-12-5-8/h4,8,12H,2-3,5-6H2,1H3/t8-,16+/m1/s1. The second-order valence-electron chi connectivity index (χ2n) is 3.99. The molecule has 1 aliphatic rings. The van der Waals surface area contributed by atoms with Gasteiger partial charge in [0.15, 0.2) is 0 Å². The Morgan fingerprint density at radius 1 is 1.62 bits per heavy atom. The zero-order valence-electron chi connectivity index (χ0n) is 9.07. The Kier molecular flexibility index (Phi) is 3.89. The van der Waals surface area contributed by atoms with Crippen LogP contribution >= 0.6 is 11.6 Å². The molecule has 0 aromatic carbocycles. The van der Waals surface area contributed by atoms with Crippen molar-refractivity contribution in [2.45, 2.75) is 18.5 Å². The Hall–Kier alpha value is -0.520. The Bertz CT molecular complexity index is 387. The molecule has 2 rings (SSSR count). The van der Waals surface area contributed by atoms with E-state index in [2.05, 4.69) is 15.3 Å². The van der Waals surface area contributed by atoms with E-state index in [0.717, 1.165) is 25.2 Å². The molecule has 0 aliphatic carbocycles. The van der Waals surface area contributed by atoms with Gasteiger partial charge in [-0.2, -0.15) is 0 Å². The van der Waals surface area contributed by atoms with E-state index in [1.54, 1.807) is 6.07 Å². The van der Waals surface area contributed by atoms with Crippen LogP contribution in [0.1, 0.15) is 12.1 Å². The second-order valence-corrected chi connectivity index (χ2v) is 5.76. The summed E-state index contributed by atoms with van der Waals surface area (Å²) in [6.45, 7) is 3.77. The number of nitrogens with one attached hydrogen (secondary N) is 1. The lowest BCUT2D eigenvalue weighted by Crippen LogP contribution is -2.16. The lowest BCUT2D eigenvalue weighted by molar-refractivity contribution is 0.627. The molecule has 1 fully saturated rings. The van der Waals surface area contributed by atoms with Crippen molar-refractivity contribution in [3.63, 3.8) is 0 Å². The number of aryl methyl sites for hydroxylation is 1. The molecule has 2 heterocycles. The zero-order chi connectivity index (χ0) is 11.5. The highest BCUT2D eigenvalue weighted by atomic mass is 35.5. The maximum Gasteiger partial charge on any atom is 0.220 e. The number of hydrogen-bond acceptors (Lipinski definition) is 4. The van der Waals surface area contributed by atoms with Gasteiger partial charge in [-0.1, -0.05) is 11.6 Å². The van der Waals surface area contributed by atoms with Gasteiger partial charge in [0.25, 0.3) is 0 Å². The molecule has 1 aromatic heterocycles. The maximum absolute atomic E-state index is 12.0. The molecule has 0 radical (unpaired) electrons. The summed E-state index contributed by atoms with van der Waals surface area (Å²) < 4.78 is 12.0. The number of nitrogens with zero attached hydrogens (tertiary/aromatic N) is 2. The molecular weight excluding hydrogens is 246 g/mol. The summed E-state index contributed by atoms with van der Waals surface area (Å²) in [6, 6.07) is 1.67. The number of aromatic nitrogens is 2. The Morgan fingerprint density at radius 2 is 2.44 bits per heavy atom. The monoisotopic (exact) mass is 259 g/mol. The van der Waals surface area contributed by atoms with E-state index in [1.807, 2.05) is 6.92 Å². The normalized spacial score (nSPS) is 22.2. The number of rotatable bonds is 3. The van der Waals surface area contributed by atoms with Crippen LogP contribution in [-0.4, -0.2) is 33.0 Å². The molecule has 1 aliphatic heterocycles. The highest BCUT2D eigenvalue weighted by Gasteiger charge is 2.19. The minimum atomic E-state index is -1.14. The van der Waals surface area contributed by atoms with Crippen LogP contribution in [0.3, 0.4) is 0 Å². The Balaban J connectivity index is 2.07. The van der Waals surface area contributed by atoms with Crippen molar-refractivity contribution >= 4 is 22.4 Å². The van der Waals surface area contributed by atoms with E-state index < -0.39 is 10.8 Å². The summed E-state index contributed by atoms with van der Waals surface area (Å²) in [5, 5.41) is 3.97. The van der Waals surface area contributed by atoms with E-state index in [-0.39, 0.29) is 0 Å². The molecule has 0 amide bonds. The first-order valence-electron chi connectivity index (χ1n) is 5.25. The topological polar surface area (TPSA) is 54.9 Å². The molecule has 0 spiro atoms. The van der Waals surface area contributed by atoms with Gasteiger partial charge in [-0.05, 0) is 38.4 Å². The Morgan fingerprint density at radius 3 is 3.06 bits per heavy atom. The zero-order valence-corrected chi connectivity index (χ0v) is 10.6.